The molecular formula is C22H18Cl2N2O3S. The van der Waals surface area contributed by atoms with E-state index in [4.69, 9.17) is 27.9 Å². The first-order chi connectivity index (χ1) is 14.5. The van der Waals surface area contributed by atoms with Crippen molar-refractivity contribution in [3.8, 4) is 0 Å². The Kier molecular flexibility index (Phi) is 8.02. The van der Waals surface area contributed by atoms with E-state index in [0.717, 1.165) is 11.1 Å². The zero-order chi connectivity index (χ0) is 21.3. The molecule has 1 heterocycles. The van der Waals surface area contributed by atoms with Gasteiger partial charge in [0.05, 0.1) is 22.2 Å². The van der Waals surface area contributed by atoms with Crippen LogP contribution in [0.2, 0.25) is 10.0 Å². The average molecular weight is 461 g/mol. The normalized spacial score (nSPS) is 10.9. The van der Waals surface area contributed by atoms with Crippen LogP contribution in [0.3, 0.4) is 0 Å². The minimum absolute atomic E-state index is 0.0344. The Morgan fingerprint density at radius 3 is 2.67 bits per heavy atom. The maximum absolute atomic E-state index is 12.1. The van der Waals surface area contributed by atoms with Crippen LogP contribution in [0, 0.1) is 0 Å². The summed E-state index contributed by atoms with van der Waals surface area (Å²) in [7, 11) is 0. The molecule has 2 aromatic carbocycles. The van der Waals surface area contributed by atoms with Crippen LogP contribution in [-0.2, 0) is 33.9 Å². The van der Waals surface area contributed by atoms with Crippen molar-refractivity contribution in [3.05, 3.63) is 91.9 Å². The number of amides is 1. The Morgan fingerprint density at radius 1 is 1.10 bits per heavy atom. The molecule has 0 saturated heterocycles. The largest absolute Gasteiger partial charge is 0.456 e. The summed E-state index contributed by atoms with van der Waals surface area (Å²) < 4.78 is 5.19. The maximum Gasteiger partial charge on any atom is 0.331 e. The van der Waals surface area contributed by atoms with Crippen molar-refractivity contribution in [2.45, 2.75) is 19.6 Å². The fourth-order valence-electron chi connectivity index (χ4n) is 2.47. The Balaban J connectivity index is 1.43. The van der Waals surface area contributed by atoms with Gasteiger partial charge >= 0.3 is 5.97 Å². The molecule has 0 unspecified atom stereocenters. The van der Waals surface area contributed by atoms with E-state index < -0.39 is 5.97 Å². The van der Waals surface area contributed by atoms with E-state index in [2.05, 4.69) is 10.3 Å². The van der Waals surface area contributed by atoms with E-state index in [9.17, 15) is 9.59 Å². The average Bonchev–Trinajstić information content (AvgIpc) is 3.19. The molecule has 0 bridgehead atoms. The Morgan fingerprint density at radius 2 is 1.90 bits per heavy atom. The molecule has 0 fully saturated rings. The van der Waals surface area contributed by atoms with Crippen LogP contribution in [0.15, 0.2) is 60.0 Å². The molecule has 8 heteroatoms. The molecular weight excluding hydrogens is 443 g/mol. The smallest absolute Gasteiger partial charge is 0.331 e. The van der Waals surface area contributed by atoms with Crippen LogP contribution in [0.25, 0.3) is 6.08 Å². The highest BCUT2D eigenvalue weighted by Gasteiger charge is 2.09. The number of carbonyl (C=O) groups is 2. The van der Waals surface area contributed by atoms with Crippen molar-refractivity contribution >= 4 is 52.5 Å². The standard InChI is InChI=1S/C22H18Cl2N2O3S/c23-18-8-6-15(10-19(18)24)7-9-22(28)29-13-17-14-30-21(26-17)11-20(27)25-12-16-4-2-1-3-5-16/h1-10,14H,11-13H2,(H,25,27)/b9-7-. The second kappa shape index (κ2) is 10.9. The number of halogens is 2. The lowest BCUT2D eigenvalue weighted by Crippen LogP contribution is -2.24. The van der Waals surface area contributed by atoms with Gasteiger partial charge in [0.1, 0.15) is 11.6 Å². The molecule has 0 aliphatic carbocycles. The lowest BCUT2D eigenvalue weighted by Gasteiger charge is -2.03. The highest BCUT2D eigenvalue weighted by molar-refractivity contribution is 7.09. The van der Waals surface area contributed by atoms with Crippen LogP contribution < -0.4 is 5.32 Å². The Labute approximate surface area is 188 Å². The molecule has 1 amide bonds. The third-order valence-electron chi connectivity index (χ3n) is 3.96. The van der Waals surface area contributed by atoms with Gasteiger partial charge in [0.25, 0.3) is 0 Å². The van der Waals surface area contributed by atoms with E-state index in [1.165, 1.54) is 17.4 Å². The molecule has 0 atom stereocenters. The molecule has 0 saturated carbocycles. The van der Waals surface area contributed by atoms with Crippen LogP contribution in [-0.4, -0.2) is 16.9 Å². The van der Waals surface area contributed by atoms with Crippen molar-refractivity contribution in [2.24, 2.45) is 0 Å². The van der Waals surface area contributed by atoms with Gasteiger partial charge in [-0.25, -0.2) is 9.78 Å². The summed E-state index contributed by atoms with van der Waals surface area (Å²) in [5.41, 5.74) is 2.37. The molecule has 0 aliphatic heterocycles. The van der Waals surface area contributed by atoms with Gasteiger partial charge in [0, 0.05) is 18.0 Å². The minimum Gasteiger partial charge on any atom is -0.456 e. The summed E-state index contributed by atoms with van der Waals surface area (Å²) in [5.74, 6) is -0.613. The van der Waals surface area contributed by atoms with Crippen LogP contribution in [0.5, 0.6) is 0 Å². The molecule has 0 spiro atoms. The number of esters is 1. The first-order valence-electron chi connectivity index (χ1n) is 9.03. The zero-order valence-electron chi connectivity index (χ0n) is 15.8. The minimum atomic E-state index is -0.503. The Bertz CT molecular complexity index is 1050. The monoisotopic (exact) mass is 460 g/mol. The van der Waals surface area contributed by atoms with Crippen molar-refractivity contribution in [3.63, 3.8) is 0 Å². The number of hydrogen-bond donors (Lipinski definition) is 1. The fraction of sp³-hybridized carbons (Fsp3) is 0.136. The number of ether oxygens (including phenoxy) is 1. The van der Waals surface area contributed by atoms with Gasteiger partial charge in [-0.15, -0.1) is 11.3 Å². The third kappa shape index (κ3) is 6.99. The van der Waals surface area contributed by atoms with Gasteiger partial charge in [-0.1, -0.05) is 59.6 Å². The fourth-order valence-corrected chi connectivity index (χ4v) is 3.55. The number of hydrogen-bond acceptors (Lipinski definition) is 5. The number of benzene rings is 2. The molecule has 0 aliphatic rings. The van der Waals surface area contributed by atoms with Crippen molar-refractivity contribution in [2.75, 3.05) is 0 Å². The number of nitrogens with zero attached hydrogens (tertiary/aromatic N) is 1. The molecule has 0 radical (unpaired) electrons. The lowest BCUT2D eigenvalue weighted by molar-refractivity contribution is -0.139. The summed E-state index contributed by atoms with van der Waals surface area (Å²) in [5, 5.41) is 6.16. The van der Waals surface area contributed by atoms with Crippen molar-refractivity contribution in [1.82, 2.24) is 10.3 Å². The number of nitrogens with one attached hydrogen (secondary N) is 1. The SMILES string of the molecule is O=C(Cc1nc(COC(=O)/C=C\c2ccc(Cl)c(Cl)c2)cs1)NCc1ccccc1. The van der Waals surface area contributed by atoms with E-state index in [-0.39, 0.29) is 18.9 Å². The van der Waals surface area contributed by atoms with Gasteiger partial charge < -0.3 is 10.1 Å². The third-order valence-corrected chi connectivity index (χ3v) is 5.60. The summed E-state index contributed by atoms with van der Waals surface area (Å²) in [6.07, 6.45) is 3.08. The summed E-state index contributed by atoms with van der Waals surface area (Å²) in [4.78, 5) is 28.3. The lowest BCUT2D eigenvalue weighted by atomic mass is 10.2. The molecule has 5 nitrogen and oxygen atoms in total. The van der Waals surface area contributed by atoms with E-state index in [1.54, 1.807) is 29.7 Å². The van der Waals surface area contributed by atoms with Gasteiger partial charge in [-0.2, -0.15) is 0 Å². The number of carbonyl (C=O) groups excluding carboxylic acids is 2. The molecule has 3 aromatic rings. The van der Waals surface area contributed by atoms with Gasteiger partial charge in [0.15, 0.2) is 0 Å². The van der Waals surface area contributed by atoms with Gasteiger partial charge in [0.2, 0.25) is 5.91 Å². The molecule has 1 N–H and O–H groups in total. The number of rotatable bonds is 8. The zero-order valence-corrected chi connectivity index (χ0v) is 18.1. The summed E-state index contributed by atoms with van der Waals surface area (Å²) >= 11 is 13.2. The first-order valence-corrected chi connectivity index (χ1v) is 10.7. The molecule has 30 heavy (non-hydrogen) atoms. The highest BCUT2D eigenvalue weighted by atomic mass is 35.5. The molecule has 1 aromatic heterocycles. The van der Waals surface area contributed by atoms with Crippen molar-refractivity contribution in [1.29, 1.82) is 0 Å². The maximum atomic E-state index is 12.1. The second-order valence-corrected chi connectivity index (χ2v) is 8.04. The van der Waals surface area contributed by atoms with E-state index in [0.29, 0.717) is 27.3 Å². The number of aromatic nitrogens is 1. The topological polar surface area (TPSA) is 68.3 Å². The van der Waals surface area contributed by atoms with Crippen LogP contribution in [0.1, 0.15) is 21.8 Å². The second-order valence-electron chi connectivity index (χ2n) is 6.29. The predicted molar refractivity (Wildman–Crippen MR) is 119 cm³/mol. The van der Waals surface area contributed by atoms with Gasteiger partial charge in [-0.3, -0.25) is 4.79 Å². The van der Waals surface area contributed by atoms with E-state index in [1.807, 2.05) is 30.3 Å². The predicted octanol–water partition coefficient (Wildman–Crippen LogP) is 5.07. The van der Waals surface area contributed by atoms with Crippen LogP contribution >= 0.6 is 34.5 Å². The Hall–Kier alpha value is -2.67. The van der Waals surface area contributed by atoms with Crippen LogP contribution in [0.4, 0.5) is 0 Å². The quantitative estimate of drug-likeness (QED) is 0.376. The first kappa shape index (κ1) is 22.0. The summed E-state index contributed by atoms with van der Waals surface area (Å²) in [6, 6.07) is 14.7. The van der Waals surface area contributed by atoms with E-state index >= 15 is 0 Å². The summed E-state index contributed by atoms with van der Waals surface area (Å²) in [6.45, 7) is 0.507. The number of thiazole rings is 1. The molecule has 154 valence electrons. The van der Waals surface area contributed by atoms with Crippen molar-refractivity contribution < 1.29 is 14.3 Å². The molecule has 3 rings (SSSR count). The highest BCUT2D eigenvalue weighted by Crippen LogP contribution is 2.23. The van der Waals surface area contributed by atoms with Gasteiger partial charge in [-0.05, 0) is 29.3 Å².